The lowest BCUT2D eigenvalue weighted by Gasteiger charge is -2.31. The normalized spacial score (nSPS) is 16.7. The maximum absolute atomic E-state index is 14.7. The van der Waals surface area contributed by atoms with Gasteiger partial charge in [-0.3, -0.25) is 62.8 Å². The number of likely N-dealkylation sites (N-methyl/N-ethyl adjacent to an activating group) is 1. The minimum Gasteiger partial charge on any atom is -0.508 e. The van der Waals surface area contributed by atoms with Gasteiger partial charge in [0.2, 0.25) is 59.1 Å². The summed E-state index contributed by atoms with van der Waals surface area (Å²) in [6.07, 6.45) is 5.97. The molecular formula is C61H88N16O14. The number of nitrogens with two attached hydrogens (primary N) is 2. The van der Waals surface area contributed by atoms with Gasteiger partial charge < -0.3 is 84.5 Å². The number of aliphatic carboxylic acids is 1. The van der Waals surface area contributed by atoms with E-state index in [1.165, 1.54) is 41.6 Å². The predicted molar refractivity (Wildman–Crippen MR) is 333 cm³/mol. The Bertz CT molecular complexity index is 3160. The van der Waals surface area contributed by atoms with Gasteiger partial charge in [0.05, 0.1) is 12.8 Å². The Labute approximate surface area is 526 Å². The highest BCUT2D eigenvalue weighted by Crippen LogP contribution is 2.22. The first-order chi connectivity index (χ1) is 43.3. The van der Waals surface area contributed by atoms with Gasteiger partial charge in [0, 0.05) is 75.5 Å². The standard InChI is InChI=1S/C59H84N16O12.C2H4O2/c1-6-62-57(86)48-14-10-22-75(48)58(87)41(13-9-21-63-59(60)61)68-51(80)42(23-32(2)3)69-52(81)43(24-33(4)5)70-53(82)44(25-34-15-17-37(77)18-16-34)72-56(85)47(31-76)74-55(84)46(27-36-30-64-39-12-8-7-11-38(36)39)73-54(83)45(26-35-28-65-66-29-35)71-50(79)40-19-20-49(78)67-40;1-2(3)4/h7-8,11-12,15-18,28-30,32-33,40-48,64,76-77H,6,9-10,13-14,19-27,31H2,1-5H3,(H,62,86)(H,65,66)(H,67,78)(H,68,80)(H,69,81)(H,70,82)(H,71,79)(H,72,85)(H,73,83)(H,74,84)(H4,60,61,63);1H3,(H,3,4)/t40-,41-,42-,43+,44-,45-,46-,47-,48-;/m0./s1. The van der Waals surface area contributed by atoms with E-state index < -0.39 is 114 Å². The zero-order chi connectivity index (χ0) is 66.9. The number of hydrogen-bond donors (Lipinski definition) is 16. The molecule has 2 saturated heterocycles. The molecule has 30 nitrogen and oxygen atoms in total. The minimum atomic E-state index is -1.75. The molecule has 0 radical (unpaired) electrons. The number of carboxylic acid groups (broad SMARTS) is 1. The molecule has 30 heteroatoms. The second-order valence-electron chi connectivity index (χ2n) is 23.3. The number of fused-ring (bicyclic) bond motifs is 1. The number of aliphatic hydroxyl groups excluding tert-OH is 1. The van der Waals surface area contributed by atoms with E-state index in [0.29, 0.717) is 41.5 Å². The lowest BCUT2D eigenvalue weighted by molar-refractivity contribution is -0.142. The van der Waals surface area contributed by atoms with Crippen LogP contribution in [0.15, 0.2) is 72.1 Å². The first-order valence-corrected chi connectivity index (χ1v) is 30.4. The van der Waals surface area contributed by atoms with Crippen molar-refractivity contribution in [2.75, 3.05) is 26.2 Å². The quantitative estimate of drug-likeness (QED) is 0.0153. The summed E-state index contributed by atoms with van der Waals surface area (Å²) in [6, 6.07) is 1.60. The average Bonchev–Trinajstić information content (AvgIpc) is 2.04. The summed E-state index contributed by atoms with van der Waals surface area (Å²) < 4.78 is 0. The number of phenols is 1. The van der Waals surface area contributed by atoms with Crippen LogP contribution in [0, 0.1) is 11.8 Å². The first-order valence-electron chi connectivity index (χ1n) is 30.4. The summed E-state index contributed by atoms with van der Waals surface area (Å²) in [5.74, 6) is -8.37. The largest absolute Gasteiger partial charge is 0.508 e. The molecule has 2 aliphatic rings. The molecule has 0 unspecified atom stereocenters. The Balaban J connectivity index is 0.00000365. The molecule has 18 N–H and O–H groups in total. The van der Waals surface area contributed by atoms with Crippen molar-refractivity contribution in [3.05, 3.63) is 83.8 Å². The third kappa shape index (κ3) is 23.1. The number of aromatic nitrogens is 3. The maximum Gasteiger partial charge on any atom is 0.300 e. The number of aliphatic imine (C=N–C) groups is 1. The molecule has 2 fully saturated rings. The summed E-state index contributed by atoms with van der Waals surface area (Å²) in [5, 5.41) is 59.9. The summed E-state index contributed by atoms with van der Waals surface area (Å²) >= 11 is 0. The van der Waals surface area contributed by atoms with E-state index in [1.54, 1.807) is 45.2 Å². The number of likely N-dealkylation sites (tertiary alicyclic amines) is 1. The molecule has 91 heavy (non-hydrogen) atoms. The van der Waals surface area contributed by atoms with E-state index in [-0.39, 0.29) is 106 Å². The van der Waals surface area contributed by atoms with Gasteiger partial charge in [-0.25, -0.2) is 0 Å². The fourth-order valence-corrected chi connectivity index (χ4v) is 10.5. The number of amides is 10. The molecule has 0 aliphatic carbocycles. The Morgan fingerprint density at radius 1 is 0.692 bits per heavy atom. The van der Waals surface area contributed by atoms with Crippen molar-refractivity contribution in [2.45, 2.75) is 167 Å². The number of carbonyl (C=O) groups excluding carboxylic acids is 10. The van der Waals surface area contributed by atoms with Crippen molar-refractivity contribution in [1.82, 2.24) is 67.9 Å². The maximum atomic E-state index is 14.7. The highest BCUT2D eigenvalue weighted by molar-refractivity contribution is 5.99. The third-order valence-corrected chi connectivity index (χ3v) is 14.9. The average molecular weight is 1270 g/mol. The number of rotatable bonds is 32. The Hall–Kier alpha value is -9.61. The third-order valence-electron chi connectivity index (χ3n) is 14.9. The number of para-hydroxylation sites is 1. The van der Waals surface area contributed by atoms with Crippen LogP contribution in [0.5, 0.6) is 5.75 Å². The fraction of sp³-hybridized carbons (Fsp3) is 0.525. The van der Waals surface area contributed by atoms with Crippen molar-refractivity contribution >= 4 is 81.9 Å². The van der Waals surface area contributed by atoms with Crippen LogP contribution in [0.1, 0.15) is 110 Å². The number of guanidine groups is 1. The second kappa shape index (κ2) is 35.5. The smallest absolute Gasteiger partial charge is 0.300 e. The summed E-state index contributed by atoms with van der Waals surface area (Å²) in [6.45, 7) is 9.91. The highest BCUT2D eigenvalue weighted by atomic mass is 16.4. The molecule has 9 atom stereocenters. The molecule has 0 spiro atoms. The summed E-state index contributed by atoms with van der Waals surface area (Å²) in [5.41, 5.74) is 13.4. The van der Waals surface area contributed by atoms with E-state index >= 15 is 0 Å². The fourth-order valence-electron chi connectivity index (χ4n) is 10.5. The number of phenolic OH excluding ortho intramolecular Hbond substituents is 1. The highest BCUT2D eigenvalue weighted by Gasteiger charge is 2.40. The van der Waals surface area contributed by atoms with Crippen molar-refractivity contribution < 1.29 is 68.1 Å². The number of aromatic amines is 2. The molecular weight excluding hydrogens is 1180 g/mol. The minimum absolute atomic E-state index is 0.0398. The van der Waals surface area contributed by atoms with Crippen LogP contribution in [0.4, 0.5) is 0 Å². The van der Waals surface area contributed by atoms with Crippen LogP contribution >= 0.6 is 0 Å². The number of nitrogens with one attached hydrogen (secondary N) is 11. The van der Waals surface area contributed by atoms with Crippen molar-refractivity contribution in [2.24, 2.45) is 28.3 Å². The molecule has 4 aromatic rings. The molecule has 0 bridgehead atoms. The van der Waals surface area contributed by atoms with Crippen molar-refractivity contribution in [3.63, 3.8) is 0 Å². The number of benzene rings is 2. The number of carbonyl (C=O) groups is 11. The predicted octanol–water partition coefficient (Wildman–Crippen LogP) is -1.35. The van der Waals surface area contributed by atoms with Crippen LogP contribution in [0.3, 0.4) is 0 Å². The molecule has 2 aliphatic heterocycles. The molecule has 4 heterocycles. The second-order valence-corrected chi connectivity index (χ2v) is 23.3. The van der Waals surface area contributed by atoms with Crippen LogP contribution in [0.2, 0.25) is 0 Å². The van der Waals surface area contributed by atoms with Crippen molar-refractivity contribution in [1.29, 1.82) is 0 Å². The number of carboxylic acids is 1. The first kappa shape index (κ1) is 72.1. The van der Waals surface area contributed by atoms with Gasteiger partial charge in [0.25, 0.3) is 5.97 Å². The zero-order valence-electron chi connectivity index (χ0n) is 52.1. The summed E-state index contributed by atoms with van der Waals surface area (Å²) in [7, 11) is 0. The molecule has 6 rings (SSSR count). The lowest BCUT2D eigenvalue weighted by atomic mass is 9.98. The number of H-pyrrole nitrogens is 2. The zero-order valence-corrected chi connectivity index (χ0v) is 52.1. The van der Waals surface area contributed by atoms with Gasteiger partial charge in [-0.1, -0.05) is 58.0 Å². The van der Waals surface area contributed by atoms with Crippen LogP contribution in [0.25, 0.3) is 10.9 Å². The van der Waals surface area contributed by atoms with Crippen LogP contribution in [-0.2, 0) is 72.0 Å². The Morgan fingerprint density at radius 2 is 1.23 bits per heavy atom. The van der Waals surface area contributed by atoms with Gasteiger partial charge >= 0.3 is 0 Å². The van der Waals surface area contributed by atoms with E-state index in [9.17, 15) is 58.2 Å². The number of aliphatic hydroxyl groups is 1. The summed E-state index contributed by atoms with van der Waals surface area (Å²) in [4.78, 5) is 157. The Morgan fingerprint density at radius 3 is 1.78 bits per heavy atom. The SMILES string of the molecule is CC(=O)O.CCNC(=O)[C@@H]1CCCN1C(=O)[C@H](CCCN=C(N)N)NC(=O)[C@H](CC(C)C)NC(=O)[C@@H](CC(C)C)NC(=O)[C@H](Cc1ccc(O)cc1)NC(=O)[C@H](CO)NC(=O)[C@H](Cc1c[nH]c2ccccc12)NC(=O)[C@H](Cc1cn[nH]c1)NC(=O)[C@@H]1CCC(=O)N1. The molecule has 496 valence electrons. The number of hydrogen-bond acceptors (Lipinski definition) is 15. The molecule has 2 aromatic heterocycles. The van der Waals surface area contributed by atoms with Gasteiger partial charge in [-0.15, -0.1) is 0 Å². The molecule has 2 aromatic carbocycles. The monoisotopic (exact) mass is 1270 g/mol. The van der Waals surface area contributed by atoms with E-state index in [1.807, 2.05) is 19.9 Å². The lowest BCUT2D eigenvalue weighted by Crippen LogP contribution is -2.61. The van der Waals surface area contributed by atoms with E-state index in [0.717, 1.165) is 12.4 Å². The van der Waals surface area contributed by atoms with Gasteiger partial charge in [0.15, 0.2) is 5.96 Å². The van der Waals surface area contributed by atoms with Gasteiger partial charge in [0.1, 0.15) is 60.1 Å². The van der Waals surface area contributed by atoms with Crippen LogP contribution in [-0.4, -0.2) is 187 Å². The van der Waals surface area contributed by atoms with Gasteiger partial charge in [-0.2, -0.15) is 5.10 Å². The van der Waals surface area contributed by atoms with E-state index in [4.69, 9.17) is 21.4 Å². The Kier molecular flexibility index (Phi) is 28.2. The van der Waals surface area contributed by atoms with Crippen LogP contribution < -0.4 is 59.3 Å². The number of aromatic hydroxyl groups is 1. The molecule has 0 saturated carbocycles. The topological polar surface area (TPSA) is 469 Å². The number of nitrogens with zero attached hydrogens (tertiary/aromatic N) is 3. The van der Waals surface area contributed by atoms with Gasteiger partial charge in [-0.05, 0) is 98.6 Å². The van der Waals surface area contributed by atoms with E-state index in [2.05, 4.69) is 68.0 Å². The molecule has 10 amide bonds. The van der Waals surface area contributed by atoms with Crippen molar-refractivity contribution in [3.8, 4) is 5.75 Å².